The van der Waals surface area contributed by atoms with Crippen molar-refractivity contribution in [3.63, 3.8) is 0 Å². The smallest absolute Gasteiger partial charge is 0.221 e. The van der Waals surface area contributed by atoms with Crippen LogP contribution in [0, 0.1) is 6.92 Å². The third kappa shape index (κ3) is 3.22. The first kappa shape index (κ1) is 12.5. The fourth-order valence-electron chi connectivity index (χ4n) is 1.40. The molecule has 0 aromatic heterocycles. The molecule has 1 aromatic carbocycles. The number of phenolic OH excluding ortho intramolecular Hbond substituents is 1. The van der Waals surface area contributed by atoms with Crippen LogP contribution in [-0.4, -0.2) is 18.1 Å². The van der Waals surface area contributed by atoms with Gasteiger partial charge in [0.1, 0.15) is 5.75 Å². The maximum absolute atomic E-state index is 10.9. The van der Waals surface area contributed by atoms with Gasteiger partial charge in [-0.05, 0) is 24.6 Å². The molecule has 0 aliphatic carbocycles. The molecule has 5 nitrogen and oxygen atoms in total. The Morgan fingerprint density at radius 2 is 2.19 bits per heavy atom. The summed E-state index contributed by atoms with van der Waals surface area (Å²) in [5, 5.41) is 12.4. The predicted octanol–water partition coefficient (Wildman–Crippen LogP) is 1.31. The van der Waals surface area contributed by atoms with Gasteiger partial charge in [0.15, 0.2) is 0 Å². The number of benzene rings is 1. The lowest BCUT2D eigenvalue weighted by atomic mass is 10.1. The van der Waals surface area contributed by atoms with Crippen LogP contribution in [0.3, 0.4) is 0 Å². The van der Waals surface area contributed by atoms with E-state index in [0.29, 0.717) is 11.3 Å². The van der Waals surface area contributed by atoms with Crippen LogP contribution >= 0.6 is 0 Å². The van der Waals surface area contributed by atoms with Crippen molar-refractivity contribution in [2.75, 3.05) is 12.4 Å². The van der Waals surface area contributed by atoms with E-state index in [9.17, 15) is 9.90 Å². The minimum Gasteiger partial charge on any atom is -0.505 e. The second kappa shape index (κ2) is 5.48. The van der Waals surface area contributed by atoms with Crippen molar-refractivity contribution in [1.29, 1.82) is 0 Å². The molecule has 0 heterocycles. The lowest BCUT2D eigenvalue weighted by Crippen LogP contribution is -2.09. The van der Waals surface area contributed by atoms with Gasteiger partial charge in [0.25, 0.3) is 0 Å². The van der Waals surface area contributed by atoms with E-state index in [-0.39, 0.29) is 18.3 Å². The number of anilines is 1. The summed E-state index contributed by atoms with van der Waals surface area (Å²) in [7, 11) is 1.64. The van der Waals surface area contributed by atoms with Crippen LogP contribution in [0.1, 0.15) is 18.1 Å². The molecular weight excluding hydrogens is 208 g/mol. The lowest BCUT2D eigenvalue weighted by molar-refractivity contribution is -0.114. The molecule has 0 atom stereocenters. The van der Waals surface area contributed by atoms with E-state index in [4.69, 9.17) is 4.84 Å². The maximum Gasteiger partial charge on any atom is 0.221 e. The van der Waals surface area contributed by atoms with Crippen molar-refractivity contribution in [3.05, 3.63) is 23.3 Å². The van der Waals surface area contributed by atoms with Gasteiger partial charge in [-0.1, -0.05) is 0 Å². The van der Waals surface area contributed by atoms with Crippen LogP contribution in [0.15, 0.2) is 12.1 Å². The number of carbonyl (C=O) groups excluding carboxylic acids is 1. The van der Waals surface area contributed by atoms with Gasteiger partial charge in [-0.3, -0.25) is 9.63 Å². The molecule has 0 saturated carbocycles. The van der Waals surface area contributed by atoms with Crippen molar-refractivity contribution in [2.24, 2.45) is 0 Å². The molecule has 5 heteroatoms. The van der Waals surface area contributed by atoms with Crippen LogP contribution < -0.4 is 10.8 Å². The summed E-state index contributed by atoms with van der Waals surface area (Å²) in [6.45, 7) is 3.51. The van der Waals surface area contributed by atoms with Crippen molar-refractivity contribution in [3.8, 4) is 5.75 Å². The largest absolute Gasteiger partial charge is 0.505 e. The van der Waals surface area contributed by atoms with E-state index in [1.54, 1.807) is 19.2 Å². The molecule has 0 unspecified atom stereocenters. The summed E-state index contributed by atoms with van der Waals surface area (Å²) >= 11 is 0. The molecule has 3 N–H and O–H groups in total. The highest BCUT2D eigenvalue weighted by Crippen LogP contribution is 2.29. The average Bonchev–Trinajstić information content (AvgIpc) is 2.20. The Labute approximate surface area is 94.4 Å². The highest BCUT2D eigenvalue weighted by atomic mass is 16.6. The number of aryl methyl sites for hydroxylation is 1. The number of nitrogens with one attached hydrogen (secondary N) is 2. The quantitative estimate of drug-likeness (QED) is 0.532. The van der Waals surface area contributed by atoms with E-state index >= 15 is 0 Å². The van der Waals surface area contributed by atoms with Crippen LogP contribution in [-0.2, 0) is 16.2 Å². The van der Waals surface area contributed by atoms with Gasteiger partial charge < -0.3 is 10.4 Å². The molecule has 0 radical (unpaired) electrons. The first-order valence-corrected chi connectivity index (χ1v) is 4.93. The Morgan fingerprint density at radius 1 is 1.50 bits per heavy atom. The number of amides is 1. The Hall–Kier alpha value is -1.59. The van der Waals surface area contributed by atoms with Crippen molar-refractivity contribution >= 4 is 11.6 Å². The Bertz CT molecular complexity index is 391. The van der Waals surface area contributed by atoms with E-state index < -0.39 is 0 Å². The summed E-state index contributed by atoms with van der Waals surface area (Å²) < 4.78 is 0. The van der Waals surface area contributed by atoms with Gasteiger partial charge in [-0.15, -0.1) is 0 Å². The van der Waals surface area contributed by atoms with Gasteiger partial charge in [-0.25, -0.2) is 5.48 Å². The second-order valence-electron chi connectivity index (χ2n) is 3.49. The van der Waals surface area contributed by atoms with Crippen LogP contribution in [0.5, 0.6) is 5.75 Å². The summed E-state index contributed by atoms with van der Waals surface area (Å²) in [5.74, 6) is -0.183. The predicted molar refractivity (Wildman–Crippen MR) is 61.0 cm³/mol. The van der Waals surface area contributed by atoms with Gasteiger partial charge >= 0.3 is 0 Å². The molecule has 16 heavy (non-hydrogen) atoms. The Morgan fingerprint density at radius 3 is 2.75 bits per heavy atom. The molecule has 1 aromatic rings. The third-order valence-corrected chi connectivity index (χ3v) is 2.02. The minimum atomic E-state index is -0.221. The zero-order valence-electron chi connectivity index (χ0n) is 9.63. The number of rotatable bonds is 4. The molecular formula is C11H16N2O3. The zero-order valence-corrected chi connectivity index (χ0v) is 9.63. The summed E-state index contributed by atoms with van der Waals surface area (Å²) in [6.07, 6.45) is 0. The SMILES string of the molecule is CNOCc1cc(C)cc(NC(C)=O)c1O. The van der Waals surface area contributed by atoms with Gasteiger partial charge in [-0.2, -0.15) is 0 Å². The average molecular weight is 224 g/mol. The first-order chi connectivity index (χ1) is 7.54. The number of phenols is 1. The summed E-state index contributed by atoms with van der Waals surface area (Å²) in [6, 6.07) is 3.51. The van der Waals surface area contributed by atoms with Gasteiger partial charge in [0.05, 0.1) is 12.3 Å². The van der Waals surface area contributed by atoms with E-state index in [2.05, 4.69) is 10.8 Å². The Balaban J connectivity index is 3.00. The monoisotopic (exact) mass is 224 g/mol. The van der Waals surface area contributed by atoms with Gasteiger partial charge in [0, 0.05) is 19.5 Å². The molecule has 1 amide bonds. The lowest BCUT2D eigenvalue weighted by Gasteiger charge is -2.11. The van der Waals surface area contributed by atoms with Crippen molar-refractivity contribution in [1.82, 2.24) is 5.48 Å². The number of hydrogen-bond acceptors (Lipinski definition) is 4. The van der Waals surface area contributed by atoms with Crippen LogP contribution in [0.2, 0.25) is 0 Å². The fraction of sp³-hybridized carbons (Fsp3) is 0.364. The topological polar surface area (TPSA) is 70.6 Å². The second-order valence-corrected chi connectivity index (χ2v) is 3.49. The number of carbonyl (C=O) groups is 1. The van der Waals surface area contributed by atoms with Crippen LogP contribution in [0.4, 0.5) is 5.69 Å². The number of hydrogen-bond donors (Lipinski definition) is 3. The normalized spacial score (nSPS) is 10.2. The summed E-state index contributed by atoms with van der Waals surface area (Å²) in [4.78, 5) is 15.9. The fourth-order valence-corrected chi connectivity index (χ4v) is 1.40. The molecule has 0 saturated heterocycles. The summed E-state index contributed by atoms with van der Waals surface area (Å²) in [5.41, 5.74) is 4.49. The van der Waals surface area contributed by atoms with Crippen molar-refractivity contribution < 1.29 is 14.7 Å². The van der Waals surface area contributed by atoms with Crippen LogP contribution in [0.25, 0.3) is 0 Å². The third-order valence-electron chi connectivity index (χ3n) is 2.02. The Kier molecular flexibility index (Phi) is 4.28. The molecule has 0 spiro atoms. The van der Waals surface area contributed by atoms with E-state index in [1.807, 2.05) is 6.92 Å². The molecule has 1 rings (SSSR count). The number of hydroxylamine groups is 1. The molecule has 88 valence electrons. The molecule has 0 bridgehead atoms. The molecule has 0 aliphatic rings. The first-order valence-electron chi connectivity index (χ1n) is 4.93. The minimum absolute atomic E-state index is 0.0380. The van der Waals surface area contributed by atoms with Gasteiger partial charge in [0.2, 0.25) is 5.91 Å². The highest BCUT2D eigenvalue weighted by Gasteiger charge is 2.09. The molecule has 0 fully saturated rings. The highest BCUT2D eigenvalue weighted by molar-refractivity contribution is 5.90. The zero-order chi connectivity index (χ0) is 12.1. The maximum atomic E-state index is 10.9. The molecule has 0 aliphatic heterocycles. The van der Waals surface area contributed by atoms with Crippen molar-refractivity contribution in [2.45, 2.75) is 20.5 Å². The van der Waals surface area contributed by atoms with E-state index in [1.165, 1.54) is 6.92 Å². The number of aromatic hydroxyl groups is 1. The standard InChI is InChI=1S/C11H16N2O3/c1-7-4-9(6-16-12-3)11(15)10(5-7)13-8(2)14/h4-5,12,15H,6H2,1-3H3,(H,13,14). The van der Waals surface area contributed by atoms with E-state index in [0.717, 1.165) is 5.56 Å².